The van der Waals surface area contributed by atoms with E-state index in [0.29, 0.717) is 0 Å². The van der Waals surface area contributed by atoms with Crippen LogP contribution in [0.1, 0.15) is 31.4 Å². The van der Waals surface area contributed by atoms with Crippen molar-refractivity contribution >= 4 is 39.3 Å². The predicted molar refractivity (Wildman–Crippen MR) is 132 cm³/mol. The maximum Gasteiger partial charge on any atom is 0.225 e. The van der Waals surface area contributed by atoms with Gasteiger partial charge >= 0.3 is 0 Å². The number of nitrogens with zero attached hydrogens (tertiary/aromatic N) is 5. The molecule has 32 heavy (non-hydrogen) atoms. The number of rotatable bonds is 6. The Morgan fingerprint density at radius 3 is 2.50 bits per heavy atom. The second-order valence-electron chi connectivity index (χ2n) is 8.61. The van der Waals surface area contributed by atoms with Crippen molar-refractivity contribution in [3.63, 3.8) is 0 Å². The molecule has 0 spiro atoms. The van der Waals surface area contributed by atoms with Crippen LogP contribution in [0.15, 0.2) is 36.8 Å². The Hall–Kier alpha value is -3.19. The largest absolute Gasteiger partial charge is 0.361 e. The first-order valence-corrected chi connectivity index (χ1v) is 11.6. The van der Waals surface area contributed by atoms with Gasteiger partial charge in [0.05, 0.1) is 23.6 Å². The number of aromatic amines is 1. The lowest BCUT2D eigenvalue weighted by Crippen LogP contribution is -2.45. The number of hydrogen-bond acceptors (Lipinski definition) is 6. The number of piperazine rings is 1. The van der Waals surface area contributed by atoms with E-state index >= 15 is 0 Å². The Kier molecular flexibility index (Phi) is 5.66. The summed E-state index contributed by atoms with van der Waals surface area (Å²) in [5, 5.41) is 6.04. The van der Waals surface area contributed by atoms with Crippen LogP contribution in [0.2, 0.25) is 0 Å². The van der Waals surface area contributed by atoms with Crippen LogP contribution in [0, 0.1) is 0 Å². The number of fused-ring (bicyclic) bond motifs is 3. The normalized spacial score (nSPS) is 15.0. The van der Waals surface area contributed by atoms with E-state index in [1.807, 2.05) is 18.6 Å². The fourth-order valence-electron chi connectivity index (χ4n) is 4.72. The predicted octanol–water partition coefficient (Wildman–Crippen LogP) is 4.52. The van der Waals surface area contributed by atoms with Gasteiger partial charge in [-0.25, -0.2) is 15.0 Å². The monoisotopic (exact) mass is 429 g/mol. The van der Waals surface area contributed by atoms with Gasteiger partial charge in [0, 0.05) is 48.7 Å². The van der Waals surface area contributed by atoms with Crippen LogP contribution in [-0.4, -0.2) is 58.1 Å². The number of benzene rings is 1. The molecule has 0 aliphatic carbocycles. The van der Waals surface area contributed by atoms with Gasteiger partial charge in [0.25, 0.3) is 0 Å². The van der Waals surface area contributed by atoms with E-state index in [-0.39, 0.29) is 0 Å². The number of pyridine rings is 1. The molecule has 1 aliphatic heterocycles. The zero-order valence-corrected chi connectivity index (χ0v) is 19.1. The molecule has 7 heteroatoms. The summed E-state index contributed by atoms with van der Waals surface area (Å²) in [5.41, 5.74) is 5.71. The zero-order valence-electron chi connectivity index (χ0n) is 19.1. The lowest BCUT2D eigenvalue weighted by atomic mass is 9.95. The van der Waals surface area contributed by atoms with Crippen molar-refractivity contribution in [3.8, 4) is 0 Å². The topological polar surface area (TPSA) is 73.0 Å². The van der Waals surface area contributed by atoms with E-state index in [2.05, 4.69) is 69.2 Å². The molecule has 5 rings (SSSR count). The highest BCUT2D eigenvalue weighted by Crippen LogP contribution is 2.34. The number of anilines is 3. The average molecular weight is 430 g/mol. The van der Waals surface area contributed by atoms with E-state index in [0.717, 1.165) is 73.9 Å². The smallest absolute Gasteiger partial charge is 0.225 e. The third-order valence-corrected chi connectivity index (χ3v) is 6.44. The molecular weight excluding hydrogens is 398 g/mol. The van der Waals surface area contributed by atoms with Crippen LogP contribution in [0.5, 0.6) is 0 Å². The molecule has 3 aromatic heterocycles. The molecule has 0 bridgehead atoms. The molecule has 1 aromatic carbocycles. The molecule has 0 unspecified atom stereocenters. The Morgan fingerprint density at radius 2 is 1.78 bits per heavy atom. The minimum atomic E-state index is 0.799. The van der Waals surface area contributed by atoms with Crippen LogP contribution in [0.4, 0.5) is 17.5 Å². The molecule has 0 amide bonds. The van der Waals surface area contributed by atoms with E-state index in [1.165, 1.54) is 21.9 Å². The van der Waals surface area contributed by atoms with Gasteiger partial charge in [0.2, 0.25) is 5.95 Å². The van der Waals surface area contributed by atoms with E-state index in [4.69, 9.17) is 4.98 Å². The molecule has 4 heterocycles. The molecule has 0 radical (unpaired) electrons. The Balaban J connectivity index is 1.50. The van der Waals surface area contributed by atoms with Crippen molar-refractivity contribution in [1.82, 2.24) is 24.8 Å². The summed E-state index contributed by atoms with van der Waals surface area (Å²) >= 11 is 0. The van der Waals surface area contributed by atoms with Crippen LogP contribution >= 0.6 is 0 Å². The number of likely N-dealkylation sites (N-methyl/N-ethyl adjacent to an activating group) is 1. The molecule has 4 aromatic rings. The summed E-state index contributed by atoms with van der Waals surface area (Å²) in [7, 11) is 2.15. The molecule has 1 saturated heterocycles. The second-order valence-corrected chi connectivity index (χ2v) is 8.61. The molecular formula is C25H31N7. The third kappa shape index (κ3) is 3.77. The van der Waals surface area contributed by atoms with Gasteiger partial charge in [0.15, 0.2) is 0 Å². The van der Waals surface area contributed by atoms with Gasteiger partial charge in [-0.15, -0.1) is 0 Å². The van der Waals surface area contributed by atoms with Gasteiger partial charge in [-0.05, 0) is 49.2 Å². The molecule has 1 fully saturated rings. The highest BCUT2D eigenvalue weighted by molar-refractivity contribution is 6.08. The van der Waals surface area contributed by atoms with Crippen molar-refractivity contribution in [2.45, 2.75) is 33.1 Å². The quantitative estimate of drug-likeness (QED) is 0.470. The van der Waals surface area contributed by atoms with Gasteiger partial charge < -0.3 is 20.1 Å². The molecule has 0 atom stereocenters. The Morgan fingerprint density at radius 1 is 1.00 bits per heavy atom. The average Bonchev–Trinajstić information content (AvgIpc) is 3.30. The summed E-state index contributed by atoms with van der Waals surface area (Å²) in [5.74, 6) is 1.72. The molecule has 7 nitrogen and oxygen atoms in total. The highest BCUT2D eigenvalue weighted by atomic mass is 15.3. The first-order chi connectivity index (χ1) is 15.7. The fraction of sp³-hybridized carbons (Fsp3) is 0.400. The maximum atomic E-state index is 5.05. The standard InChI is InChI=1S/C25H31N7/c1-4-6-19-18(5-2)23-20-9-10-26-21(20)7-8-22(23)30-24(19)29-17-15-27-25(28-16-17)32-13-11-31(3)12-14-32/h7-10,15-16,26H,4-6,11-14H2,1-3H3,(H,29,30). The van der Waals surface area contributed by atoms with E-state index in [9.17, 15) is 0 Å². The van der Waals surface area contributed by atoms with Crippen LogP contribution < -0.4 is 10.2 Å². The molecule has 166 valence electrons. The molecule has 2 N–H and O–H groups in total. The SMILES string of the molecule is CCCc1c(Nc2cnc(N3CCN(C)CC3)nc2)nc2ccc3[nH]ccc3c2c1CC. The first-order valence-electron chi connectivity index (χ1n) is 11.6. The second kappa shape index (κ2) is 8.74. The third-order valence-electron chi connectivity index (χ3n) is 6.44. The van der Waals surface area contributed by atoms with Crippen molar-refractivity contribution in [1.29, 1.82) is 0 Å². The van der Waals surface area contributed by atoms with Crippen LogP contribution in [0.25, 0.3) is 21.8 Å². The van der Waals surface area contributed by atoms with Crippen molar-refractivity contribution in [2.75, 3.05) is 43.4 Å². The number of aryl methyl sites for hydroxylation is 1. The lowest BCUT2D eigenvalue weighted by molar-refractivity contribution is 0.311. The summed E-state index contributed by atoms with van der Waals surface area (Å²) in [6.45, 7) is 8.46. The van der Waals surface area contributed by atoms with Gasteiger partial charge in [-0.1, -0.05) is 20.3 Å². The van der Waals surface area contributed by atoms with Crippen molar-refractivity contribution in [2.24, 2.45) is 0 Å². The number of H-pyrrole nitrogens is 1. The number of aromatic nitrogens is 4. The summed E-state index contributed by atoms with van der Waals surface area (Å²) in [6.07, 6.45) is 8.78. The fourth-order valence-corrected chi connectivity index (χ4v) is 4.72. The van der Waals surface area contributed by atoms with Crippen LogP contribution in [0.3, 0.4) is 0 Å². The Bertz CT molecular complexity index is 1220. The summed E-state index contributed by atoms with van der Waals surface area (Å²) < 4.78 is 0. The molecule has 0 saturated carbocycles. The zero-order chi connectivity index (χ0) is 22.1. The van der Waals surface area contributed by atoms with E-state index in [1.54, 1.807) is 0 Å². The molecule has 1 aliphatic rings. The van der Waals surface area contributed by atoms with Crippen molar-refractivity contribution in [3.05, 3.63) is 47.9 Å². The Labute approximate surface area is 188 Å². The van der Waals surface area contributed by atoms with Gasteiger partial charge in [0.1, 0.15) is 5.82 Å². The number of nitrogens with one attached hydrogen (secondary N) is 2. The lowest BCUT2D eigenvalue weighted by Gasteiger charge is -2.32. The minimum Gasteiger partial charge on any atom is -0.361 e. The first kappa shape index (κ1) is 20.7. The maximum absolute atomic E-state index is 5.05. The van der Waals surface area contributed by atoms with Gasteiger partial charge in [-0.2, -0.15) is 0 Å². The number of hydrogen-bond donors (Lipinski definition) is 2. The highest BCUT2D eigenvalue weighted by Gasteiger charge is 2.18. The van der Waals surface area contributed by atoms with E-state index < -0.39 is 0 Å². The summed E-state index contributed by atoms with van der Waals surface area (Å²) in [6, 6.07) is 6.38. The van der Waals surface area contributed by atoms with Crippen molar-refractivity contribution < 1.29 is 0 Å². The van der Waals surface area contributed by atoms with Gasteiger partial charge in [-0.3, -0.25) is 0 Å². The minimum absolute atomic E-state index is 0.799. The summed E-state index contributed by atoms with van der Waals surface area (Å²) in [4.78, 5) is 22.2. The van der Waals surface area contributed by atoms with Crippen LogP contribution in [-0.2, 0) is 12.8 Å².